The maximum Gasteiger partial charge on any atom is 0.314 e. The van der Waals surface area contributed by atoms with Crippen LogP contribution in [0.2, 0.25) is 0 Å². The first-order chi connectivity index (χ1) is 7.04. The molecule has 0 radical (unpaired) electrons. The van der Waals surface area contributed by atoms with Gasteiger partial charge in [0.1, 0.15) is 0 Å². The smallest absolute Gasteiger partial charge is 0.314 e. The predicted octanol–water partition coefficient (Wildman–Crippen LogP) is 0.0187. The van der Waals surface area contributed by atoms with Crippen LogP contribution < -0.4 is 11.3 Å². The lowest BCUT2D eigenvalue weighted by Crippen LogP contribution is -2.19. The standard InChI is InChI=1S/C9H13N3O3/c1-3-15-8(14)5(2)6-4-7(13)12-9(10)11-6/h4-5H,3H2,1-2H3,(H3,10,11,12,13). The Morgan fingerprint density at radius 2 is 2.40 bits per heavy atom. The maximum atomic E-state index is 11.4. The van der Waals surface area contributed by atoms with Crippen LogP contribution in [-0.4, -0.2) is 22.5 Å². The summed E-state index contributed by atoms with van der Waals surface area (Å²) in [5, 5.41) is 0. The van der Waals surface area contributed by atoms with E-state index in [1.54, 1.807) is 13.8 Å². The van der Waals surface area contributed by atoms with Gasteiger partial charge in [0.05, 0.1) is 18.2 Å². The summed E-state index contributed by atoms with van der Waals surface area (Å²) in [4.78, 5) is 28.6. The van der Waals surface area contributed by atoms with E-state index >= 15 is 0 Å². The number of aromatic amines is 1. The Morgan fingerprint density at radius 3 is 2.93 bits per heavy atom. The third-order valence-corrected chi connectivity index (χ3v) is 1.86. The third-order valence-electron chi connectivity index (χ3n) is 1.86. The number of nitrogens with one attached hydrogen (secondary N) is 1. The molecule has 6 nitrogen and oxygen atoms in total. The van der Waals surface area contributed by atoms with Gasteiger partial charge in [-0.05, 0) is 13.8 Å². The lowest BCUT2D eigenvalue weighted by Gasteiger charge is -2.09. The topological polar surface area (TPSA) is 98.1 Å². The molecule has 1 rings (SSSR count). The SMILES string of the molecule is CCOC(=O)C(C)c1cc(=O)[nH]c(N)n1. The number of aromatic nitrogens is 2. The Hall–Kier alpha value is -1.85. The molecule has 1 aromatic rings. The Morgan fingerprint density at radius 1 is 1.73 bits per heavy atom. The maximum absolute atomic E-state index is 11.4. The average Bonchev–Trinajstić information content (AvgIpc) is 2.15. The monoisotopic (exact) mass is 211 g/mol. The van der Waals surface area contributed by atoms with Crippen LogP contribution in [0.15, 0.2) is 10.9 Å². The minimum atomic E-state index is -0.588. The number of esters is 1. The summed E-state index contributed by atoms with van der Waals surface area (Å²) in [7, 11) is 0. The molecule has 0 saturated carbocycles. The number of H-pyrrole nitrogens is 1. The summed E-state index contributed by atoms with van der Waals surface area (Å²) in [6.45, 7) is 3.62. The van der Waals surface area contributed by atoms with Crippen molar-refractivity contribution in [3.05, 3.63) is 22.1 Å². The van der Waals surface area contributed by atoms with Crippen molar-refractivity contribution in [2.24, 2.45) is 0 Å². The van der Waals surface area contributed by atoms with Gasteiger partial charge in [0.15, 0.2) is 0 Å². The fourth-order valence-electron chi connectivity index (χ4n) is 1.11. The van der Waals surface area contributed by atoms with Crippen molar-refractivity contribution < 1.29 is 9.53 Å². The molecular weight excluding hydrogens is 198 g/mol. The number of nitrogens with two attached hydrogens (primary N) is 1. The zero-order valence-electron chi connectivity index (χ0n) is 8.61. The van der Waals surface area contributed by atoms with Gasteiger partial charge < -0.3 is 10.5 Å². The Labute approximate surface area is 86.5 Å². The van der Waals surface area contributed by atoms with Crippen LogP contribution >= 0.6 is 0 Å². The number of rotatable bonds is 3. The van der Waals surface area contributed by atoms with E-state index in [-0.39, 0.29) is 11.5 Å². The van der Waals surface area contributed by atoms with E-state index < -0.39 is 11.9 Å². The third kappa shape index (κ3) is 2.80. The highest BCUT2D eigenvalue weighted by Crippen LogP contribution is 2.12. The lowest BCUT2D eigenvalue weighted by atomic mass is 10.1. The summed E-state index contributed by atoms with van der Waals surface area (Å²) in [6.07, 6.45) is 0. The number of hydrogen-bond acceptors (Lipinski definition) is 5. The Bertz CT molecular complexity index is 413. The second-order valence-electron chi connectivity index (χ2n) is 3.03. The van der Waals surface area contributed by atoms with Gasteiger partial charge in [-0.15, -0.1) is 0 Å². The van der Waals surface area contributed by atoms with Gasteiger partial charge in [0.2, 0.25) is 5.95 Å². The highest BCUT2D eigenvalue weighted by atomic mass is 16.5. The first kappa shape index (κ1) is 11.2. The molecule has 15 heavy (non-hydrogen) atoms. The van der Waals surface area contributed by atoms with Crippen molar-refractivity contribution in [3.63, 3.8) is 0 Å². The van der Waals surface area contributed by atoms with Crippen LogP contribution in [0.1, 0.15) is 25.5 Å². The number of carbonyl (C=O) groups is 1. The highest BCUT2D eigenvalue weighted by molar-refractivity contribution is 5.77. The first-order valence-electron chi connectivity index (χ1n) is 4.58. The summed E-state index contributed by atoms with van der Waals surface area (Å²) in [6, 6.07) is 1.23. The molecule has 0 saturated heterocycles. The van der Waals surface area contributed by atoms with Gasteiger partial charge >= 0.3 is 5.97 Å². The quantitative estimate of drug-likeness (QED) is 0.687. The minimum Gasteiger partial charge on any atom is -0.465 e. The first-order valence-corrected chi connectivity index (χ1v) is 4.58. The van der Waals surface area contributed by atoms with Crippen LogP contribution in [0.5, 0.6) is 0 Å². The van der Waals surface area contributed by atoms with Crippen molar-refractivity contribution in [1.82, 2.24) is 9.97 Å². The molecular formula is C9H13N3O3. The highest BCUT2D eigenvalue weighted by Gasteiger charge is 2.18. The number of nitrogens with zero attached hydrogens (tertiary/aromatic N) is 1. The second-order valence-corrected chi connectivity index (χ2v) is 3.03. The molecule has 1 heterocycles. The van der Waals surface area contributed by atoms with Crippen molar-refractivity contribution in [2.45, 2.75) is 19.8 Å². The predicted molar refractivity (Wildman–Crippen MR) is 54.3 cm³/mol. The molecule has 3 N–H and O–H groups in total. The molecule has 1 atom stereocenters. The van der Waals surface area contributed by atoms with Crippen LogP contribution in [0.4, 0.5) is 5.95 Å². The second kappa shape index (κ2) is 4.59. The molecule has 0 fully saturated rings. The van der Waals surface area contributed by atoms with Gasteiger partial charge in [-0.25, -0.2) is 4.98 Å². The van der Waals surface area contributed by atoms with E-state index in [0.717, 1.165) is 0 Å². The molecule has 82 valence electrons. The molecule has 6 heteroatoms. The average molecular weight is 211 g/mol. The van der Waals surface area contributed by atoms with Gasteiger partial charge in [0, 0.05) is 6.07 Å². The van der Waals surface area contributed by atoms with E-state index in [4.69, 9.17) is 10.5 Å². The lowest BCUT2D eigenvalue weighted by molar-refractivity contribution is -0.144. The number of anilines is 1. The van der Waals surface area contributed by atoms with Gasteiger partial charge in [-0.2, -0.15) is 0 Å². The molecule has 1 unspecified atom stereocenters. The Balaban J connectivity index is 2.95. The van der Waals surface area contributed by atoms with Crippen molar-refractivity contribution in [3.8, 4) is 0 Å². The fraction of sp³-hybridized carbons (Fsp3) is 0.444. The van der Waals surface area contributed by atoms with E-state index in [0.29, 0.717) is 12.3 Å². The van der Waals surface area contributed by atoms with E-state index in [9.17, 15) is 9.59 Å². The summed E-state index contributed by atoms with van der Waals surface area (Å²) < 4.78 is 4.81. The van der Waals surface area contributed by atoms with Gasteiger partial charge in [-0.1, -0.05) is 0 Å². The van der Waals surface area contributed by atoms with Crippen molar-refractivity contribution in [2.75, 3.05) is 12.3 Å². The summed E-state index contributed by atoms with van der Waals surface area (Å²) in [5.41, 5.74) is 5.29. The van der Waals surface area contributed by atoms with E-state index in [1.165, 1.54) is 6.07 Å². The van der Waals surface area contributed by atoms with Crippen LogP contribution in [-0.2, 0) is 9.53 Å². The molecule has 0 aliphatic heterocycles. The number of hydrogen-bond donors (Lipinski definition) is 2. The van der Waals surface area contributed by atoms with E-state index in [1.807, 2.05) is 0 Å². The molecule has 0 amide bonds. The number of ether oxygens (including phenoxy) is 1. The molecule has 1 aromatic heterocycles. The Kier molecular flexibility index (Phi) is 3.43. The fourth-order valence-corrected chi connectivity index (χ4v) is 1.11. The minimum absolute atomic E-state index is 0.00588. The number of carbonyl (C=O) groups excluding carboxylic acids is 1. The molecule has 0 aliphatic carbocycles. The van der Waals surface area contributed by atoms with Crippen molar-refractivity contribution >= 4 is 11.9 Å². The largest absolute Gasteiger partial charge is 0.465 e. The van der Waals surface area contributed by atoms with Gasteiger partial charge in [-0.3, -0.25) is 14.6 Å². The van der Waals surface area contributed by atoms with Crippen molar-refractivity contribution in [1.29, 1.82) is 0 Å². The van der Waals surface area contributed by atoms with Crippen LogP contribution in [0, 0.1) is 0 Å². The zero-order chi connectivity index (χ0) is 11.4. The van der Waals surface area contributed by atoms with E-state index in [2.05, 4.69) is 9.97 Å². The zero-order valence-corrected chi connectivity index (χ0v) is 8.61. The molecule has 0 bridgehead atoms. The summed E-state index contributed by atoms with van der Waals surface area (Å²) in [5.74, 6) is -1.02. The summed E-state index contributed by atoms with van der Waals surface area (Å²) >= 11 is 0. The van der Waals surface area contributed by atoms with Crippen LogP contribution in [0.3, 0.4) is 0 Å². The normalized spacial score (nSPS) is 12.1. The van der Waals surface area contributed by atoms with Crippen LogP contribution in [0.25, 0.3) is 0 Å². The molecule has 0 aliphatic rings. The molecule has 0 aromatic carbocycles. The molecule has 0 spiro atoms. The van der Waals surface area contributed by atoms with Gasteiger partial charge in [0.25, 0.3) is 5.56 Å². The number of nitrogen functional groups attached to an aromatic ring is 1.